The number of likely N-dealkylation sites (tertiary alicyclic amines) is 1. The van der Waals surface area contributed by atoms with E-state index in [9.17, 15) is 4.79 Å². The molecule has 2 aliphatic rings. The van der Waals surface area contributed by atoms with E-state index in [1.165, 1.54) is 11.1 Å². The first kappa shape index (κ1) is 15.4. The Balaban J connectivity index is 1.37. The lowest BCUT2D eigenvalue weighted by Gasteiger charge is -2.21. The Hall–Kier alpha value is -2.13. The van der Waals surface area contributed by atoms with Gasteiger partial charge in [-0.05, 0) is 29.9 Å². The third-order valence-corrected chi connectivity index (χ3v) is 5.47. The molecule has 2 saturated heterocycles. The quantitative estimate of drug-likeness (QED) is 0.942. The molecule has 3 atom stereocenters. The van der Waals surface area contributed by atoms with Gasteiger partial charge in [0, 0.05) is 25.6 Å². The number of amides is 1. The summed E-state index contributed by atoms with van der Waals surface area (Å²) < 4.78 is 0. The maximum atomic E-state index is 12.9. The Morgan fingerprint density at radius 2 is 1.54 bits per heavy atom. The summed E-state index contributed by atoms with van der Waals surface area (Å²) in [5, 5.41) is 3.45. The lowest BCUT2D eigenvalue weighted by atomic mass is 9.96. The molecule has 2 aromatic carbocycles. The van der Waals surface area contributed by atoms with Crippen molar-refractivity contribution in [2.24, 2.45) is 0 Å². The number of rotatable bonds is 3. The largest absolute Gasteiger partial charge is 0.341 e. The van der Waals surface area contributed by atoms with Gasteiger partial charge < -0.3 is 10.2 Å². The standard InChI is InChI=1S/C21H24N2O/c24-21(20-13-19(14-22-20)17-9-5-2-6-10-17)23-12-11-18(15-23)16-7-3-1-4-8-16/h1-10,18-20,22H,11-15H2/t18-,19-,20-/m0/s1. The van der Waals surface area contributed by atoms with Gasteiger partial charge >= 0.3 is 0 Å². The van der Waals surface area contributed by atoms with Gasteiger partial charge in [-0.25, -0.2) is 0 Å². The molecule has 0 spiro atoms. The smallest absolute Gasteiger partial charge is 0.239 e. The van der Waals surface area contributed by atoms with Crippen molar-refractivity contribution in [2.75, 3.05) is 19.6 Å². The van der Waals surface area contributed by atoms with Crippen LogP contribution in [0.1, 0.15) is 35.8 Å². The first-order valence-electron chi connectivity index (χ1n) is 8.93. The summed E-state index contributed by atoms with van der Waals surface area (Å²) in [6, 6.07) is 21.1. The highest BCUT2D eigenvalue weighted by molar-refractivity contribution is 5.82. The molecule has 3 nitrogen and oxygen atoms in total. The average Bonchev–Trinajstić information content (AvgIpc) is 3.33. The van der Waals surface area contributed by atoms with Crippen LogP contribution in [0, 0.1) is 0 Å². The molecule has 3 heteroatoms. The van der Waals surface area contributed by atoms with Crippen LogP contribution < -0.4 is 5.32 Å². The van der Waals surface area contributed by atoms with E-state index in [0.29, 0.717) is 11.8 Å². The highest BCUT2D eigenvalue weighted by atomic mass is 16.2. The predicted molar refractivity (Wildman–Crippen MR) is 96.0 cm³/mol. The molecule has 2 aromatic rings. The Labute approximate surface area is 143 Å². The van der Waals surface area contributed by atoms with E-state index in [1.807, 2.05) is 12.1 Å². The van der Waals surface area contributed by atoms with Gasteiger partial charge in [-0.1, -0.05) is 60.7 Å². The number of carbonyl (C=O) groups excluding carboxylic acids is 1. The minimum Gasteiger partial charge on any atom is -0.341 e. The van der Waals surface area contributed by atoms with Crippen LogP contribution in [0.3, 0.4) is 0 Å². The number of hydrogen-bond donors (Lipinski definition) is 1. The number of hydrogen-bond acceptors (Lipinski definition) is 2. The van der Waals surface area contributed by atoms with Gasteiger partial charge in [0.2, 0.25) is 5.91 Å². The molecule has 1 N–H and O–H groups in total. The van der Waals surface area contributed by atoms with Crippen molar-refractivity contribution in [3.8, 4) is 0 Å². The fourth-order valence-electron chi connectivity index (χ4n) is 4.08. The van der Waals surface area contributed by atoms with Crippen molar-refractivity contribution in [2.45, 2.75) is 30.7 Å². The number of nitrogens with zero attached hydrogens (tertiary/aromatic N) is 1. The molecule has 2 aliphatic heterocycles. The summed E-state index contributed by atoms with van der Waals surface area (Å²) in [7, 11) is 0. The van der Waals surface area contributed by atoms with Crippen molar-refractivity contribution >= 4 is 5.91 Å². The molecule has 0 unspecified atom stereocenters. The molecule has 4 rings (SSSR count). The van der Waals surface area contributed by atoms with Gasteiger partial charge in [-0.2, -0.15) is 0 Å². The lowest BCUT2D eigenvalue weighted by Crippen LogP contribution is -2.42. The van der Waals surface area contributed by atoms with Gasteiger partial charge in [0.1, 0.15) is 0 Å². The summed E-state index contributed by atoms with van der Waals surface area (Å²) in [5.74, 6) is 1.22. The van der Waals surface area contributed by atoms with E-state index in [0.717, 1.165) is 32.5 Å². The van der Waals surface area contributed by atoms with Crippen LogP contribution in [-0.4, -0.2) is 36.5 Å². The zero-order valence-corrected chi connectivity index (χ0v) is 13.9. The molecule has 24 heavy (non-hydrogen) atoms. The molecule has 0 saturated carbocycles. The van der Waals surface area contributed by atoms with Gasteiger partial charge in [0.05, 0.1) is 6.04 Å². The number of nitrogens with one attached hydrogen (secondary N) is 1. The Kier molecular flexibility index (Phi) is 4.35. The van der Waals surface area contributed by atoms with Crippen molar-refractivity contribution in [3.63, 3.8) is 0 Å². The first-order chi connectivity index (χ1) is 11.8. The molecule has 2 fully saturated rings. The van der Waals surface area contributed by atoms with Crippen LogP contribution in [0.15, 0.2) is 60.7 Å². The van der Waals surface area contributed by atoms with E-state index in [-0.39, 0.29) is 11.9 Å². The highest BCUT2D eigenvalue weighted by Gasteiger charge is 2.35. The topological polar surface area (TPSA) is 32.3 Å². The highest BCUT2D eigenvalue weighted by Crippen LogP contribution is 2.30. The SMILES string of the molecule is O=C([C@@H]1C[C@H](c2ccccc2)CN1)N1CC[C@H](c2ccccc2)C1. The molecular weight excluding hydrogens is 296 g/mol. The van der Waals surface area contributed by atoms with E-state index >= 15 is 0 Å². The van der Waals surface area contributed by atoms with Gasteiger partial charge in [0.25, 0.3) is 0 Å². The van der Waals surface area contributed by atoms with Crippen LogP contribution in [-0.2, 0) is 4.79 Å². The normalized spacial score (nSPS) is 26.7. The summed E-state index contributed by atoms with van der Waals surface area (Å²) >= 11 is 0. The second-order valence-electron chi connectivity index (χ2n) is 6.98. The Bertz CT molecular complexity index is 626. The summed E-state index contributed by atoms with van der Waals surface area (Å²) in [6.45, 7) is 2.64. The monoisotopic (exact) mass is 320 g/mol. The number of carbonyl (C=O) groups is 1. The summed E-state index contributed by atoms with van der Waals surface area (Å²) in [6.07, 6.45) is 1.99. The van der Waals surface area contributed by atoms with Crippen LogP contribution in [0.5, 0.6) is 0 Å². The first-order valence-corrected chi connectivity index (χ1v) is 8.93. The molecule has 0 radical (unpaired) electrons. The van der Waals surface area contributed by atoms with Crippen molar-refractivity contribution in [1.29, 1.82) is 0 Å². The molecule has 1 amide bonds. The van der Waals surface area contributed by atoms with Crippen molar-refractivity contribution in [1.82, 2.24) is 10.2 Å². The third kappa shape index (κ3) is 3.09. The van der Waals surface area contributed by atoms with Crippen LogP contribution >= 0.6 is 0 Å². The van der Waals surface area contributed by atoms with Crippen molar-refractivity contribution < 1.29 is 4.79 Å². The minimum absolute atomic E-state index is 0.0234. The second kappa shape index (κ2) is 6.78. The van der Waals surface area contributed by atoms with Crippen molar-refractivity contribution in [3.05, 3.63) is 71.8 Å². The molecule has 0 aromatic heterocycles. The second-order valence-corrected chi connectivity index (χ2v) is 6.98. The maximum Gasteiger partial charge on any atom is 0.239 e. The fourth-order valence-corrected chi connectivity index (χ4v) is 4.08. The van der Waals surface area contributed by atoms with Gasteiger partial charge in [0.15, 0.2) is 0 Å². The zero-order chi connectivity index (χ0) is 16.4. The van der Waals surface area contributed by atoms with E-state index in [4.69, 9.17) is 0 Å². The van der Waals surface area contributed by atoms with Crippen LogP contribution in [0.2, 0.25) is 0 Å². The molecule has 2 heterocycles. The van der Waals surface area contributed by atoms with E-state index in [2.05, 4.69) is 58.7 Å². The van der Waals surface area contributed by atoms with Crippen LogP contribution in [0.4, 0.5) is 0 Å². The third-order valence-electron chi connectivity index (χ3n) is 5.47. The number of benzene rings is 2. The molecule has 124 valence electrons. The van der Waals surface area contributed by atoms with Gasteiger partial charge in [-0.15, -0.1) is 0 Å². The Morgan fingerprint density at radius 1 is 0.917 bits per heavy atom. The van der Waals surface area contributed by atoms with Crippen LogP contribution in [0.25, 0.3) is 0 Å². The summed E-state index contributed by atoms with van der Waals surface area (Å²) in [4.78, 5) is 14.9. The van der Waals surface area contributed by atoms with Gasteiger partial charge in [-0.3, -0.25) is 4.79 Å². The molecule has 0 aliphatic carbocycles. The maximum absolute atomic E-state index is 12.9. The molecular formula is C21H24N2O. The van der Waals surface area contributed by atoms with E-state index < -0.39 is 0 Å². The lowest BCUT2D eigenvalue weighted by molar-refractivity contribution is -0.132. The Morgan fingerprint density at radius 3 is 2.21 bits per heavy atom. The minimum atomic E-state index is -0.0234. The fraction of sp³-hybridized carbons (Fsp3) is 0.381. The average molecular weight is 320 g/mol. The molecule has 0 bridgehead atoms. The van der Waals surface area contributed by atoms with E-state index in [1.54, 1.807) is 0 Å². The predicted octanol–water partition coefficient (Wildman–Crippen LogP) is 3.15. The zero-order valence-electron chi connectivity index (χ0n) is 13.9. The summed E-state index contributed by atoms with van der Waals surface area (Å²) in [5.41, 5.74) is 2.69.